The van der Waals surface area contributed by atoms with Crippen molar-refractivity contribution in [3.63, 3.8) is 0 Å². The summed E-state index contributed by atoms with van der Waals surface area (Å²) >= 11 is 0. The molecule has 39 heavy (non-hydrogen) atoms. The van der Waals surface area contributed by atoms with Crippen molar-refractivity contribution in [3.8, 4) is 5.75 Å². The molecule has 0 spiro atoms. The Morgan fingerprint density at radius 1 is 1.15 bits per heavy atom. The van der Waals surface area contributed by atoms with Crippen molar-refractivity contribution in [2.45, 2.75) is 58.3 Å². The average molecular weight is 541 g/mol. The molecule has 2 aromatic rings. The Bertz CT molecular complexity index is 1080. The molecule has 2 heterocycles. The van der Waals surface area contributed by atoms with Crippen molar-refractivity contribution in [2.75, 3.05) is 52.3 Å². The highest BCUT2D eigenvalue weighted by molar-refractivity contribution is 5.98. The molecule has 214 valence electrons. The molecule has 9 heteroatoms. The zero-order valence-corrected chi connectivity index (χ0v) is 24.2. The van der Waals surface area contributed by atoms with Gasteiger partial charge in [0.1, 0.15) is 5.75 Å². The molecule has 9 nitrogen and oxygen atoms in total. The Morgan fingerprint density at radius 3 is 2.54 bits per heavy atom. The summed E-state index contributed by atoms with van der Waals surface area (Å²) in [4.78, 5) is 36.4. The number of anilines is 1. The summed E-state index contributed by atoms with van der Waals surface area (Å²) in [7, 11) is 5.63. The van der Waals surface area contributed by atoms with E-state index in [1.807, 2.05) is 58.0 Å². The number of benzene rings is 1. The van der Waals surface area contributed by atoms with E-state index < -0.39 is 6.04 Å². The number of fused-ring (bicyclic) bond motifs is 1. The highest BCUT2D eigenvalue weighted by atomic mass is 16.5. The molecule has 0 bridgehead atoms. The molecule has 1 aromatic carbocycles. The van der Waals surface area contributed by atoms with Crippen LogP contribution < -0.4 is 9.64 Å². The highest BCUT2D eigenvalue weighted by Crippen LogP contribution is 2.29. The van der Waals surface area contributed by atoms with Crippen molar-refractivity contribution >= 4 is 17.5 Å². The van der Waals surface area contributed by atoms with Gasteiger partial charge in [-0.25, -0.2) is 0 Å². The van der Waals surface area contributed by atoms with Crippen molar-refractivity contribution in [1.29, 1.82) is 0 Å². The third-order valence-corrected chi connectivity index (χ3v) is 7.28. The molecule has 0 aliphatic carbocycles. The predicted molar refractivity (Wildman–Crippen MR) is 152 cm³/mol. The van der Waals surface area contributed by atoms with Crippen molar-refractivity contribution < 1.29 is 24.2 Å². The average Bonchev–Trinajstić information content (AvgIpc) is 2.93. The van der Waals surface area contributed by atoms with Gasteiger partial charge in [-0.3, -0.25) is 14.6 Å². The number of amides is 2. The lowest BCUT2D eigenvalue weighted by Crippen LogP contribution is -2.48. The van der Waals surface area contributed by atoms with Crippen LogP contribution in [-0.2, 0) is 4.74 Å². The maximum atomic E-state index is 14.1. The predicted octanol–water partition coefficient (Wildman–Crippen LogP) is 3.72. The van der Waals surface area contributed by atoms with Crippen LogP contribution >= 0.6 is 0 Å². The van der Waals surface area contributed by atoms with Crippen LogP contribution in [0.2, 0.25) is 0 Å². The van der Waals surface area contributed by atoms with E-state index >= 15 is 0 Å². The standard InChI is InChI=1S/C30H44N4O5/c1-21-18-34(22(2)20-35)30(37)26-17-25(32(4)5)10-11-27(26)39-23(3)9-7-8-16-38-28(21)19-33(6)29(36)24-12-14-31-15-13-24/h10-15,17,21-23,28,35H,7-9,16,18-20H2,1-6H3/t21-,22-,23-,28+/m1/s1. The smallest absolute Gasteiger partial charge is 0.258 e. The maximum absolute atomic E-state index is 14.1. The number of rotatable bonds is 6. The summed E-state index contributed by atoms with van der Waals surface area (Å²) in [5, 5.41) is 10.1. The SMILES string of the molecule is C[C@@H]1CCCCO[C@@H](CN(C)C(=O)c2ccncc2)[C@H](C)CN([C@H](C)CO)C(=O)c2cc(N(C)C)ccc2O1. The lowest BCUT2D eigenvalue weighted by atomic mass is 10.0. The van der Waals surface area contributed by atoms with Gasteiger partial charge in [0.2, 0.25) is 0 Å². The van der Waals surface area contributed by atoms with Crippen molar-refractivity contribution in [2.24, 2.45) is 5.92 Å². The number of hydrogen-bond acceptors (Lipinski definition) is 7. The Labute approximate surface area is 232 Å². The fraction of sp³-hybridized carbons (Fsp3) is 0.567. The molecule has 1 aliphatic rings. The third kappa shape index (κ3) is 8.16. The second kappa shape index (κ2) is 14.3. The number of aliphatic hydroxyl groups excluding tert-OH is 1. The number of aliphatic hydroxyl groups is 1. The quantitative estimate of drug-likeness (QED) is 0.597. The van der Waals surface area contributed by atoms with E-state index in [0.29, 0.717) is 36.6 Å². The number of ether oxygens (including phenoxy) is 2. The first-order valence-electron chi connectivity index (χ1n) is 13.8. The summed E-state index contributed by atoms with van der Waals surface area (Å²) in [5.74, 6) is 0.124. The second-order valence-electron chi connectivity index (χ2n) is 10.8. The van der Waals surface area contributed by atoms with E-state index in [1.54, 1.807) is 41.4 Å². The monoisotopic (exact) mass is 540 g/mol. The molecule has 0 radical (unpaired) electrons. The second-order valence-corrected chi connectivity index (χ2v) is 10.8. The van der Waals surface area contributed by atoms with Gasteiger partial charge >= 0.3 is 0 Å². The minimum atomic E-state index is -0.419. The van der Waals surface area contributed by atoms with Gasteiger partial charge < -0.3 is 29.3 Å². The van der Waals surface area contributed by atoms with Crippen LogP contribution in [0.1, 0.15) is 60.7 Å². The van der Waals surface area contributed by atoms with Crippen LogP contribution in [0.25, 0.3) is 0 Å². The molecular weight excluding hydrogens is 496 g/mol. The van der Waals surface area contributed by atoms with Gasteiger partial charge in [-0.2, -0.15) is 0 Å². The summed E-state index contributed by atoms with van der Waals surface area (Å²) in [6.07, 6.45) is 5.43. The van der Waals surface area contributed by atoms with E-state index in [1.165, 1.54) is 0 Å². The van der Waals surface area contributed by atoms with Gasteiger partial charge in [0.25, 0.3) is 11.8 Å². The number of carbonyl (C=O) groups excluding carboxylic acids is 2. The zero-order chi connectivity index (χ0) is 28.5. The molecule has 1 aromatic heterocycles. The number of hydrogen-bond donors (Lipinski definition) is 1. The molecule has 0 fully saturated rings. The molecule has 1 N–H and O–H groups in total. The van der Waals surface area contributed by atoms with E-state index in [4.69, 9.17) is 9.47 Å². The fourth-order valence-corrected chi connectivity index (χ4v) is 4.72. The van der Waals surface area contributed by atoms with Crippen LogP contribution in [0.4, 0.5) is 5.69 Å². The minimum Gasteiger partial charge on any atom is -0.490 e. The van der Waals surface area contributed by atoms with Gasteiger partial charge in [0, 0.05) is 70.4 Å². The minimum absolute atomic E-state index is 0.0766. The first-order valence-corrected chi connectivity index (χ1v) is 13.8. The van der Waals surface area contributed by atoms with Gasteiger partial charge in [-0.05, 0) is 63.4 Å². The van der Waals surface area contributed by atoms with E-state index in [9.17, 15) is 14.7 Å². The lowest BCUT2D eigenvalue weighted by molar-refractivity contribution is -0.0149. The molecule has 3 rings (SSSR count). The van der Waals surface area contributed by atoms with E-state index in [0.717, 1.165) is 24.9 Å². The molecule has 1 aliphatic heterocycles. The summed E-state index contributed by atoms with van der Waals surface area (Å²) < 4.78 is 12.6. The third-order valence-electron chi connectivity index (χ3n) is 7.28. The van der Waals surface area contributed by atoms with Crippen molar-refractivity contribution in [3.05, 3.63) is 53.9 Å². The lowest BCUT2D eigenvalue weighted by Gasteiger charge is -2.36. The Morgan fingerprint density at radius 2 is 1.87 bits per heavy atom. The number of carbonyl (C=O) groups is 2. The molecule has 0 saturated heterocycles. The number of nitrogens with zero attached hydrogens (tertiary/aromatic N) is 4. The van der Waals surface area contributed by atoms with E-state index in [2.05, 4.69) is 4.98 Å². The Hall–Kier alpha value is -3.17. The molecule has 0 saturated carbocycles. The van der Waals surface area contributed by atoms with Gasteiger partial charge in [-0.1, -0.05) is 6.92 Å². The van der Waals surface area contributed by atoms with Gasteiger partial charge in [0.15, 0.2) is 0 Å². The molecular formula is C30H44N4O5. The summed E-state index contributed by atoms with van der Waals surface area (Å²) in [6.45, 7) is 6.97. The van der Waals surface area contributed by atoms with Gasteiger partial charge in [-0.15, -0.1) is 0 Å². The van der Waals surface area contributed by atoms with E-state index in [-0.39, 0.29) is 36.5 Å². The molecule has 0 unspecified atom stereocenters. The fourth-order valence-electron chi connectivity index (χ4n) is 4.72. The topological polar surface area (TPSA) is 95.4 Å². The number of aromatic nitrogens is 1. The first kappa shape index (κ1) is 30.4. The summed E-state index contributed by atoms with van der Waals surface area (Å²) in [6, 6.07) is 8.64. The number of pyridine rings is 1. The Kier molecular flexibility index (Phi) is 11.1. The maximum Gasteiger partial charge on any atom is 0.258 e. The van der Waals surface area contributed by atoms with Crippen LogP contribution in [0, 0.1) is 5.92 Å². The number of likely N-dealkylation sites (N-methyl/N-ethyl adjacent to an activating group) is 1. The van der Waals surface area contributed by atoms with Crippen LogP contribution in [-0.4, -0.2) is 97.4 Å². The first-order chi connectivity index (χ1) is 18.6. The van der Waals surface area contributed by atoms with Crippen LogP contribution in [0.15, 0.2) is 42.7 Å². The van der Waals surface area contributed by atoms with Crippen LogP contribution in [0.5, 0.6) is 5.75 Å². The van der Waals surface area contributed by atoms with Gasteiger partial charge in [0.05, 0.1) is 30.4 Å². The normalized spacial score (nSPS) is 21.8. The molecule has 4 atom stereocenters. The highest BCUT2D eigenvalue weighted by Gasteiger charge is 2.31. The van der Waals surface area contributed by atoms with Crippen molar-refractivity contribution in [1.82, 2.24) is 14.8 Å². The summed E-state index contributed by atoms with van der Waals surface area (Å²) in [5.41, 5.74) is 1.93. The molecule has 2 amide bonds. The largest absolute Gasteiger partial charge is 0.490 e. The Balaban J connectivity index is 1.93. The zero-order valence-electron chi connectivity index (χ0n) is 24.2. The van der Waals surface area contributed by atoms with Crippen LogP contribution in [0.3, 0.4) is 0 Å².